The highest BCUT2D eigenvalue weighted by Crippen LogP contribution is 2.25. The maximum atomic E-state index is 11.7. The van der Waals surface area contributed by atoms with Crippen molar-refractivity contribution in [3.8, 4) is 0 Å². The van der Waals surface area contributed by atoms with Crippen molar-refractivity contribution in [2.75, 3.05) is 24.8 Å². The predicted octanol–water partition coefficient (Wildman–Crippen LogP) is -2.30. The molecule has 1 aliphatic rings. The molecule has 6 N–H and O–H groups in total. The second kappa shape index (κ2) is 6.18. The molecule has 1 aliphatic heterocycles. The lowest BCUT2D eigenvalue weighted by Crippen LogP contribution is -2.37. The Balaban J connectivity index is 2.24. The molecule has 2 heterocycles. The molecular weight excluding hydrogens is 284 g/mol. The van der Waals surface area contributed by atoms with Crippen LogP contribution in [-0.4, -0.2) is 69.5 Å². The quantitative estimate of drug-likeness (QED) is 0.382. The number of ether oxygens (including phenoxy) is 2. The molecule has 1 saturated heterocycles. The number of nitrogens with two attached hydrogens (primary N) is 1. The van der Waals surface area contributed by atoms with Gasteiger partial charge in [0.05, 0.1) is 13.7 Å². The molecule has 1 unspecified atom stereocenters. The number of aliphatic hydroxyl groups is 3. The largest absolute Gasteiger partial charge is 0.465 e. The lowest BCUT2D eigenvalue weighted by atomic mass is 10.1. The molecule has 0 spiro atoms. The van der Waals surface area contributed by atoms with Gasteiger partial charge in [0.1, 0.15) is 41.8 Å². The van der Waals surface area contributed by atoms with Crippen molar-refractivity contribution in [3.05, 3.63) is 11.9 Å². The molecule has 2 rings (SSSR count). The summed E-state index contributed by atoms with van der Waals surface area (Å²) in [7, 11) is 1.17. The number of hydrogen-bond donors (Lipinski definition) is 5. The van der Waals surface area contributed by atoms with E-state index in [9.17, 15) is 15.0 Å². The van der Waals surface area contributed by atoms with Gasteiger partial charge in [0, 0.05) is 0 Å². The van der Waals surface area contributed by atoms with Crippen LogP contribution in [0.4, 0.5) is 11.6 Å². The standard InChI is InChI=1S/C11H16N4O6/c1-20-11(19)5-8(12)13-3-14-9(5)15-10-7(18)6(17)4(2-16)21-10/h3-4,6-7,10,16-18H,2H2,1H3,(H3,12,13,14,15)/t4-,6-,7-,10?/m1/s1. The van der Waals surface area contributed by atoms with E-state index in [1.165, 1.54) is 7.11 Å². The summed E-state index contributed by atoms with van der Waals surface area (Å²) in [6.45, 7) is -0.466. The Bertz CT molecular complexity index is 527. The Morgan fingerprint density at radius 3 is 2.76 bits per heavy atom. The van der Waals surface area contributed by atoms with Crippen LogP contribution < -0.4 is 11.1 Å². The molecule has 0 radical (unpaired) electrons. The van der Waals surface area contributed by atoms with Crippen LogP contribution in [0.25, 0.3) is 0 Å². The topological polar surface area (TPSA) is 160 Å². The molecule has 1 fully saturated rings. The van der Waals surface area contributed by atoms with Crippen molar-refractivity contribution >= 4 is 17.6 Å². The Kier molecular flexibility index (Phi) is 4.53. The molecule has 1 aromatic heterocycles. The number of methoxy groups -OCH3 is 1. The van der Waals surface area contributed by atoms with E-state index in [0.29, 0.717) is 0 Å². The van der Waals surface area contributed by atoms with Crippen molar-refractivity contribution in [3.63, 3.8) is 0 Å². The van der Waals surface area contributed by atoms with Gasteiger partial charge in [-0.3, -0.25) is 0 Å². The SMILES string of the molecule is COC(=O)c1c(N)ncnc1NC1O[C@H](CO)[C@@H](O)[C@H]1O. The van der Waals surface area contributed by atoms with E-state index in [1.54, 1.807) is 0 Å². The van der Waals surface area contributed by atoms with Gasteiger partial charge >= 0.3 is 5.97 Å². The van der Waals surface area contributed by atoms with E-state index in [1.807, 2.05) is 0 Å². The third-order valence-electron chi connectivity index (χ3n) is 3.09. The first-order valence-electron chi connectivity index (χ1n) is 6.07. The highest BCUT2D eigenvalue weighted by Gasteiger charge is 2.43. The number of esters is 1. The Hall–Kier alpha value is -2.01. The van der Waals surface area contributed by atoms with Crippen molar-refractivity contribution in [1.82, 2.24) is 9.97 Å². The summed E-state index contributed by atoms with van der Waals surface area (Å²) in [5.41, 5.74) is 5.49. The van der Waals surface area contributed by atoms with E-state index >= 15 is 0 Å². The molecule has 4 atom stereocenters. The number of aliphatic hydroxyl groups excluding tert-OH is 3. The smallest absolute Gasteiger partial charge is 0.345 e. The van der Waals surface area contributed by atoms with Gasteiger partial charge in [-0.05, 0) is 0 Å². The first-order chi connectivity index (χ1) is 9.99. The van der Waals surface area contributed by atoms with Crippen LogP contribution in [-0.2, 0) is 9.47 Å². The predicted molar refractivity (Wildman–Crippen MR) is 69.2 cm³/mol. The summed E-state index contributed by atoms with van der Waals surface area (Å²) in [4.78, 5) is 19.2. The average Bonchev–Trinajstić information content (AvgIpc) is 2.74. The van der Waals surface area contributed by atoms with Gasteiger partial charge < -0.3 is 35.8 Å². The fraction of sp³-hybridized carbons (Fsp3) is 0.545. The Morgan fingerprint density at radius 2 is 2.19 bits per heavy atom. The number of aromatic nitrogens is 2. The van der Waals surface area contributed by atoms with Crippen LogP contribution in [0.5, 0.6) is 0 Å². The number of hydrogen-bond acceptors (Lipinski definition) is 10. The number of nitrogen functional groups attached to an aromatic ring is 1. The lowest BCUT2D eigenvalue weighted by molar-refractivity contribution is -0.0154. The summed E-state index contributed by atoms with van der Waals surface area (Å²) < 4.78 is 9.81. The highest BCUT2D eigenvalue weighted by atomic mass is 16.6. The molecule has 0 bridgehead atoms. The zero-order valence-electron chi connectivity index (χ0n) is 11.1. The van der Waals surface area contributed by atoms with E-state index in [-0.39, 0.29) is 17.2 Å². The normalized spacial score (nSPS) is 28.4. The molecule has 0 saturated carbocycles. The van der Waals surface area contributed by atoms with Gasteiger partial charge in [0.15, 0.2) is 6.23 Å². The number of anilines is 2. The second-order valence-corrected chi connectivity index (χ2v) is 4.38. The maximum Gasteiger partial charge on any atom is 0.345 e. The van der Waals surface area contributed by atoms with Gasteiger partial charge in [0.2, 0.25) is 0 Å². The minimum atomic E-state index is -1.32. The number of nitrogens with zero attached hydrogens (tertiary/aromatic N) is 2. The molecular formula is C11H16N4O6. The number of carbonyl (C=O) groups excluding carboxylic acids is 1. The summed E-state index contributed by atoms with van der Waals surface area (Å²) >= 11 is 0. The fourth-order valence-corrected chi connectivity index (χ4v) is 1.97. The van der Waals surface area contributed by atoms with E-state index in [2.05, 4.69) is 20.0 Å². The molecule has 10 heteroatoms. The van der Waals surface area contributed by atoms with Crippen LogP contribution in [0.1, 0.15) is 10.4 Å². The first kappa shape index (κ1) is 15.4. The average molecular weight is 300 g/mol. The van der Waals surface area contributed by atoms with E-state index in [4.69, 9.17) is 15.6 Å². The van der Waals surface area contributed by atoms with Crippen molar-refractivity contribution in [2.45, 2.75) is 24.5 Å². The molecule has 0 aliphatic carbocycles. The summed E-state index contributed by atoms with van der Waals surface area (Å²) in [5.74, 6) is -0.877. The molecule has 10 nitrogen and oxygen atoms in total. The number of rotatable bonds is 4. The Labute approximate surface area is 119 Å². The molecule has 0 aromatic carbocycles. The van der Waals surface area contributed by atoms with Crippen molar-refractivity contribution in [2.24, 2.45) is 0 Å². The highest BCUT2D eigenvalue weighted by molar-refractivity contribution is 5.99. The van der Waals surface area contributed by atoms with Gasteiger partial charge in [0.25, 0.3) is 0 Å². The second-order valence-electron chi connectivity index (χ2n) is 4.38. The zero-order chi connectivity index (χ0) is 15.6. The van der Waals surface area contributed by atoms with Gasteiger partial charge in [-0.25, -0.2) is 14.8 Å². The minimum Gasteiger partial charge on any atom is -0.465 e. The fourth-order valence-electron chi connectivity index (χ4n) is 1.97. The lowest BCUT2D eigenvalue weighted by Gasteiger charge is -2.18. The minimum absolute atomic E-state index is 0.0100. The molecule has 1 aromatic rings. The van der Waals surface area contributed by atoms with E-state index in [0.717, 1.165) is 6.33 Å². The van der Waals surface area contributed by atoms with Crippen LogP contribution >= 0.6 is 0 Å². The molecule has 0 amide bonds. The maximum absolute atomic E-state index is 11.7. The Morgan fingerprint density at radius 1 is 1.48 bits per heavy atom. The van der Waals surface area contributed by atoms with Crippen LogP contribution in [0.2, 0.25) is 0 Å². The summed E-state index contributed by atoms with van der Waals surface area (Å²) in [6.07, 6.45) is -3.49. The van der Waals surface area contributed by atoms with Crippen molar-refractivity contribution < 1.29 is 29.6 Å². The van der Waals surface area contributed by atoms with Gasteiger partial charge in [-0.15, -0.1) is 0 Å². The third-order valence-corrected chi connectivity index (χ3v) is 3.09. The van der Waals surface area contributed by atoms with Crippen LogP contribution in [0, 0.1) is 0 Å². The third kappa shape index (κ3) is 2.88. The molecule has 116 valence electrons. The molecule has 21 heavy (non-hydrogen) atoms. The monoisotopic (exact) mass is 300 g/mol. The number of nitrogens with one attached hydrogen (secondary N) is 1. The van der Waals surface area contributed by atoms with Crippen LogP contribution in [0.3, 0.4) is 0 Å². The van der Waals surface area contributed by atoms with Crippen LogP contribution in [0.15, 0.2) is 6.33 Å². The summed E-state index contributed by atoms with van der Waals surface area (Å²) in [6, 6.07) is 0. The summed E-state index contributed by atoms with van der Waals surface area (Å²) in [5, 5.41) is 31.2. The number of carbonyl (C=O) groups is 1. The van der Waals surface area contributed by atoms with E-state index < -0.39 is 37.1 Å². The van der Waals surface area contributed by atoms with Gasteiger partial charge in [-0.2, -0.15) is 0 Å². The van der Waals surface area contributed by atoms with Gasteiger partial charge in [-0.1, -0.05) is 0 Å². The van der Waals surface area contributed by atoms with Crippen molar-refractivity contribution in [1.29, 1.82) is 0 Å². The zero-order valence-corrected chi connectivity index (χ0v) is 11.1. The first-order valence-corrected chi connectivity index (χ1v) is 6.07.